The SMILES string of the molecule is CC(C)C(=O)NCCNCC1CCCNC1. The Morgan fingerprint density at radius 2 is 2.25 bits per heavy atom. The Hall–Kier alpha value is -0.610. The van der Waals surface area contributed by atoms with Crippen LogP contribution in [-0.4, -0.2) is 38.6 Å². The molecule has 4 heteroatoms. The molecule has 0 aliphatic carbocycles. The molecule has 4 nitrogen and oxygen atoms in total. The smallest absolute Gasteiger partial charge is 0.222 e. The topological polar surface area (TPSA) is 53.2 Å². The summed E-state index contributed by atoms with van der Waals surface area (Å²) in [5.74, 6) is 0.984. The highest BCUT2D eigenvalue weighted by Crippen LogP contribution is 2.07. The summed E-state index contributed by atoms with van der Waals surface area (Å²) < 4.78 is 0. The maximum Gasteiger partial charge on any atom is 0.222 e. The van der Waals surface area contributed by atoms with Gasteiger partial charge in [0, 0.05) is 19.0 Å². The van der Waals surface area contributed by atoms with E-state index in [0.717, 1.165) is 32.1 Å². The summed E-state index contributed by atoms with van der Waals surface area (Å²) in [5, 5.41) is 9.70. The Labute approximate surface area is 98.6 Å². The first kappa shape index (κ1) is 13.5. The molecule has 1 unspecified atom stereocenters. The first-order valence-electron chi connectivity index (χ1n) is 6.39. The van der Waals surface area contributed by atoms with Gasteiger partial charge in [0.25, 0.3) is 0 Å². The molecule has 0 aromatic heterocycles. The van der Waals surface area contributed by atoms with Crippen molar-refractivity contribution in [2.45, 2.75) is 26.7 Å². The lowest BCUT2D eigenvalue weighted by Crippen LogP contribution is -2.39. The van der Waals surface area contributed by atoms with Crippen molar-refractivity contribution in [1.29, 1.82) is 0 Å². The van der Waals surface area contributed by atoms with E-state index >= 15 is 0 Å². The van der Waals surface area contributed by atoms with Gasteiger partial charge in [0.2, 0.25) is 5.91 Å². The molecular formula is C12H25N3O. The molecule has 1 aliphatic rings. The Kier molecular flexibility index (Phi) is 6.42. The average molecular weight is 227 g/mol. The van der Waals surface area contributed by atoms with Crippen molar-refractivity contribution in [3.8, 4) is 0 Å². The molecule has 0 aromatic rings. The van der Waals surface area contributed by atoms with Crippen molar-refractivity contribution in [3.05, 3.63) is 0 Å². The quantitative estimate of drug-likeness (QED) is 0.574. The van der Waals surface area contributed by atoms with Crippen LogP contribution in [0.4, 0.5) is 0 Å². The molecule has 1 rings (SSSR count). The van der Waals surface area contributed by atoms with E-state index in [2.05, 4.69) is 16.0 Å². The van der Waals surface area contributed by atoms with Crippen LogP contribution in [0, 0.1) is 11.8 Å². The standard InChI is InChI=1S/C12H25N3O/c1-10(2)12(16)15-7-6-14-9-11-4-3-5-13-8-11/h10-11,13-14H,3-9H2,1-2H3,(H,15,16). The van der Waals surface area contributed by atoms with Gasteiger partial charge in [0.05, 0.1) is 0 Å². The van der Waals surface area contributed by atoms with Crippen molar-refractivity contribution < 1.29 is 4.79 Å². The number of carbonyl (C=O) groups excluding carboxylic acids is 1. The van der Waals surface area contributed by atoms with Gasteiger partial charge in [-0.15, -0.1) is 0 Å². The van der Waals surface area contributed by atoms with Crippen LogP contribution in [0.2, 0.25) is 0 Å². The summed E-state index contributed by atoms with van der Waals surface area (Å²) in [6.07, 6.45) is 2.61. The van der Waals surface area contributed by atoms with Gasteiger partial charge in [-0.3, -0.25) is 4.79 Å². The van der Waals surface area contributed by atoms with E-state index in [4.69, 9.17) is 0 Å². The number of nitrogens with one attached hydrogen (secondary N) is 3. The number of piperidine rings is 1. The Morgan fingerprint density at radius 1 is 1.44 bits per heavy atom. The summed E-state index contributed by atoms with van der Waals surface area (Å²) in [7, 11) is 0. The minimum atomic E-state index is 0.0857. The van der Waals surface area contributed by atoms with Crippen LogP contribution in [-0.2, 0) is 4.79 Å². The largest absolute Gasteiger partial charge is 0.355 e. The van der Waals surface area contributed by atoms with Crippen LogP contribution in [0.25, 0.3) is 0 Å². The zero-order valence-corrected chi connectivity index (χ0v) is 10.5. The molecule has 0 spiro atoms. The van der Waals surface area contributed by atoms with Gasteiger partial charge >= 0.3 is 0 Å². The lowest BCUT2D eigenvalue weighted by Gasteiger charge is -2.23. The average Bonchev–Trinajstić information content (AvgIpc) is 2.29. The van der Waals surface area contributed by atoms with Gasteiger partial charge < -0.3 is 16.0 Å². The molecule has 94 valence electrons. The molecule has 3 N–H and O–H groups in total. The first-order chi connectivity index (χ1) is 7.70. The minimum Gasteiger partial charge on any atom is -0.355 e. The molecule has 1 fully saturated rings. The van der Waals surface area contributed by atoms with E-state index in [9.17, 15) is 4.79 Å². The van der Waals surface area contributed by atoms with Gasteiger partial charge in [0.15, 0.2) is 0 Å². The monoisotopic (exact) mass is 227 g/mol. The van der Waals surface area contributed by atoms with Crippen molar-refractivity contribution in [2.24, 2.45) is 11.8 Å². The van der Waals surface area contributed by atoms with Crippen LogP contribution >= 0.6 is 0 Å². The summed E-state index contributed by atoms with van der Waals surface area (Å²) in [4.78, 5) is 11.3. The molecule has 1 atom stereocenters. The fraction of sp³-hybridized carbons (Fsp3) is 0.917. The highest BCUT2D eigenvalue weighted by Gasteiger charge is 2.11. The van der Waals surface area contributed by atoms with E-state index in [-0.39, 0.29) is 11.8 Å². The third-order valence-electron chi connectivity index (χ3n) is 2.96. The van der Waals surface area contributed by atoms with Gasteiger partial charge in [-0.1, -0.05) is 13.8 Å². The predicted octanol–water partition coefficient (Wildman–Crippen LogP) is 0.348. The molecule has 1 amide bonds. The van der Waals surface area contributed by atoms with E-state index in [1.807, 2.05) is 13.8 Å². The third-order valence-corrected chi connectivity index (χ3v) is 2.96. The summed E-state index contributed by atoms with van der Waals surface area (Å²) in [6, 6.07) is 0. The molecule has 0 bridgehead atoms. The van der Waals surface area contributed by atoms with Crippen LogP contribution in [0.15, 0.2) is 0 Å². The van der Waals surface area contributed by atoms with Crippen molar-refractivity contribution >= 4 is 5.91 Å². The van der Waals surface area contributed by atoms with E-state index in [0.29, 0.717) is 0 Å². The van der Waals surface area contributed by atoms with Gasteiger partial charge in [-0.05, 0) is 38.4 Å². The van der Waals surface area contributed by atoms with Crippen LogP contribution in [0.1, 0.15) is 26.7 Å². The van der Waals surface area contributed by atoms with Gasteiger partial charge in [0.1, 0.15) is 0 Å². The molecule has 0 aromatic carbocycles. The number of hydrogen-bond acceptors (Lipinski definition) is 3. The van der Waals surface area contributed by atoms with Crippen LogP contribution in [0.5, 0.6) is 0 Å². The number of rotatable bonds is 6. The second-order valence-corrected chi connectivity index (χ2v) is 4.86. The molecular weight excluding hydrogens is 202 g/mol. The van der Waals surface area contributed by atoms with Crippen LogP contribution in [0.3, 0.4) is 0 Å². The Balaban J connectivity index is 1.93. The summed E-state index contributed by atoms with van der Waals surface area (Å²) in [5.41, 5.74) is 0. The molecule has 0 radical (unpaired) electrons. The fourth-order valence-corrected chi connectivity index (χ4v) is 1.88. The summed E-state index contributed by atoms with van der Waals surface area (Å²) >= 11 is 0. The predicted molar refractivity (Wildman–Crippen MR) is 66.3 cm³/mol. The maximum absolute atomic E-state index is 11.3. The maximum atomic E-state index is 11.3. The molecule has 1 saturated heterocycles. The van der Waals surface area contributed by atoms with Crippen molar-refractivity contribution in [2.75, 3.05) is 32.7 Å². The number of hydrogen-bond donors (Lipinski definition) is 3. The van der Waals surface area contributed by atoms with Crippen LogP contribution < -0.4 is 16.0 Å². The second kappa shape index (κ2) is 7.63. The molecule has 1 aliphatic heterocycles. The number of carbonyl (C=O) groups is 1. The van der Waals surface area contributed by atoms with Crippen molar-refractivity contribution in [3.63, 3.8) is 0 Å². The Bertz CT molecular complexity index is 200. The normalized spacial score (nSPS) is 21.1. The first-order valence-corrected chi connectivity index (χ1v) is 6.39. The fourth-order valence-electron chi connectivity index (χ4n) is 1.88. The lowest BCUT2D eigenvalue weighted by molar-refractivity contribution is -0.123. The lowest BCUT2D eigenvalue weighted by atomic mass is 10.00. The highest BCUT2D eigenvalue weighted by atomic mass is 16.1. The van der Waals surface area contributed by atoms with Crippen molar-refractivity contribution in [1.82, 2.24) is 16.0 Å². The number of amides is 1. The third kappa shape index (κ3) is 5.47. The van der Waals surface area contributed by atoms with Gasteiger partial charge in [-0.25, -0.2) is 0 Å². The molecule has 16 heavy (non-hydrogen) atoms. The second-order valence-electron chi connectivity index (χ2n) is 4.86. The highest BCUT2D eigenvalue weighted by molar-refractivity contribution is 5.77. The van der Waals surface area contributed by atoms with E-state index in [1.54, 1.807) is 0 Å². The molecule has 0 saturated carbocycles. The van der Waals surface area contributed by atoms with E-state index < -0.39 is 0 Å². The summed E-state index contributed by atoms with van der Waals surface area (Å²) in [6.45, 7) is 8.79. The van der Waals surface area contributed by atoms with Gasteiger partial charge in [-0.2, -0.15) is 0 Å². The zero-order chi connectivity index (χ0) is 11.8. The Morgan fingerprint density at radius 3 is 2.88 bits per heavy atom. The molecule has 1 heterocycles. The zero-order valence-electron chi connectivity index (χ0n) is 10.5. The minimum absolute atomic E-state index is 0.0857. The van der Waals surface area contributed by atoms with E-state index in [1.165, 1.54) is 19.4 Å².